The van der Waals surface area contributed by atoms with Crippen LogP contribution >= 0.6 is 0 Å². The minimum atomic E-state index is -0.157. The van der Waals surface area contributed by atoms with Crippen LogP contribution in [-0.2, 0) is 11.2 Å². The third kappa shape index (κ3) is 11.6. The number of unbranched alkanes of at least 4 members (excludes halogenated alkanes) is 8. The lowest BCUT2D eigenvalue weighted by atomic mass is 9.97. The molecular formula is C36H50N2O2. The molecule has 0 aliphatic heterocycles. The molecule has 0 aliphatic rings. The first-order valence-corrected chi connectivity index (χ1v) is 15.8. The maximum Gasteiger partial charge on any atom is 0.311 e. The van der Waals surface area contributed by atoms with Crippen LogP contribution in [0.2, 0.25) is 0 Å². The zero-order valence-corrected chi connectivity index (χ0v) is 25.2. The molecular weight excluding hydrogens is 492 g/mol. The van der Waals surface area contributed by atoms with Gasteiger partial charge in [0.1, 0.15) is 5.75 Å². The average molecular weight is 543 g/mol. The number of rotatable bonds is 19. The summed E-state index contributed by atoms with van der Waals surface area (Å²) in [5.41, 5.74) is 4.35. The number of ether oxygens (including phenoxy) is 1. The van der Waals surface area contributed by atoms with E-state index in [4.69, 9.17) is 4.74 Å². The van der Waals surface area contributed by atoms with E-state index in [9.17, 15) is 4.79 Å². The van der Waals surface area contributed by atoms with Crippen molar-refractivity contribution in [3.05, 3.63) is 66.5 Å². The average Bonchev–Trinajstić information content (AvgIpc) is 2.98. The van der Waals surface area contributed by atoms with Gasteiger partial charge < -0.3 is 4.74 Å². The Bertz CT molecular complexity index is 1090. The Labute approximate surface area is 243 Å². The number of esters is 1. The van der Waals surface area contributed by atoms with Crippen LogP contribution in [0.15, 0.2) is 60.9 Å². The normalized spacial score (nSPS) is 11.9. The molecule has 2 aromatic carbocycles. The SMILES string of the molecule is CCCCCCCCCc1ccc(-c2ncc(-c3ccc(OC(=O)CCCCC(C)CCCC)cc3)cn2)cc1. The Kier molecular flexibility index (Phi) is 14.5. The van der Waals surface area contributed by atoms with Gasteiger partial charge >= 0.3 is 5.97 Å². The molecule has 0 saturated carbocycles. The maximum atomic E-state index is 12.2. The molecule has 3 rings (SSSR count). The summed E-state index contributed by atoms with van der Waals surface area (Å²) in [6, 6.07) is 16.3. The topological polar surface area (TPSA) is 52.1 Å². The summed E-state index contributed by atoms with van der Waals surface area (Å²) in [4.78, 5) is 21.5. The Hall–Kier alpha value is -3.01. The second-order valence-corrected chi connectivity index (χ2v) is 11.4. The van der Waals surface area contributed by atoms with E-state index < -0.39 is 0 Å². The van der Waals surface area contributed by atoms with Crippen molar-refractivity contribution in [1.82, 2.24) is 9.97 Å². The summed E-state index contributed by atoms with van der Waals surface area (Å²) in [6.45, 7) is 6.81. The molecule has 216 valence electrons. The van der Waals surface area contributed by atoms with Crippen LogP contribution in [0.3, 0.4) is 0 Å². The standard InChI is InChI=1S/C36H50N2O2/c1-4-6-8-9-10-11-12-17-30-19-21-32(22-20-30)36-37-27-33(28-38-36)31-23-25-34(26-24-31)40-35(39)18-14-13-16-29(3)15-7-5-2/h19-29H,4-18H2,1-3H3. The summed E-state index contributed by atoms with van der Waals surface area (Å²) < 4.78 is 5.54. The van der Waals surface area contributed by atoms with Gasteiger partial charge in [-0.05, 0) is 48.4 Å². The summed E-state index contributed by atoms with van der Waals surface area (Å²) in [5.74, 6) is 1.90. The maximum absolute atomic E-state index is 12.2. The van der Waals surface area contributed by atoms with E-state index in [1.165, 1.54) is 76.2 Å². The first-order chi connectivity index (χ1) is 19.6. The molecule has 0 radical (unpaired) electrons. The zero-order chi connectivity index (χ0) is 28.4. The highest BCUT2D eigenvalue weighted by molar-refractivity contribution is 5.73. The van der Waals surface area contributed by atoms with Gasteiger partial charge in [-0.2, -0.15) is 0 Å². The fourth-order valence-electron chi connectivity index (χ4n) is 5.09. The first-order valence-electron chi connectivity index (χ1n) is 15.8. The predicted molar refractivity (Wildman–Crippen MR) is 167 cm³/mol. The van der Waals surface area contributed by atoms with Crippen LogP contribution in [0, 0.1) is 5.92 Å². The van der Waals surface area contributed by atoms with Crippen molar-refractivity contribution in [1.29, 1.82) is 0 Å². The number of carbonyl (C=O) groups excluding carboxylic acids is 1. The Balaban J connectivity index is 1.41. The monoisotopic (exact) mass is 542 g/mol. The van der Waals surface area contributed by atoms with E-state index in [1.807, 2.05) is 36.7 Å². The molecule has 0 saturated heterocycles. The van der Waals surface area contributed by atoms with Crippen molar-refractivity contribution in [3.63, 3.8) is 0 Å². The largest absolute Gasteiger partial charge is 0.427 e. The van der Waals surface area contributed by atoms with Gasteiger partial charge in [0.2, 0.25) is 0 Å². The van der Waals surface area contributed by atoms with Crippen LogP contribution in [0.4, 0.5) is 0 Å². The Morgan fingerprint density at radius 3 is 1.95 bits per heavy atom. The third-order valence-electron chi connectivity index (χ3n) is 7.73. The predicted octanol–water partition coefficient (Wildman–Crippen LogP) is 10.4. The lowest BCUT2D eigenvalue weighted by Gasteiger charge is -2.10. The van der Waals surface area contributed by atoms with Crippen molar-refractivity contribution >= 4 is 5.97 Å². The second-order valence-electron chi connectivity index (χ2n) is 11.4. The number of carbonyl (C=O) groups is 1. The molecule has 0 spiro atoms. The molecule has 0 N–H and O–H groups in total. The molecule has 1 aromatic heterocycles. The summed E-state index contributed by atoms with van der Waals surface area (Å²) >= 11 is 0. The number of hydrogen-bond donors (Lipinski definition) is 0. The highest BCUT2D eigenvalue weighted by atomic mass is 16.5. The van der Waals surface area contributed by atoms with E-state index in [0.29, 0.717) is 12.2 Å². The van der Waals surface area contributed by atoms with E-state index in [2.05, 4.69) is 55.0 Å². The lowest BCUT2D eigenvalue weighted by Crippen LogP contribution is -2.07. The van der Waals surface area contributed by atoms with Crippen molar-refractivity contribution in [2.45, 2.75) is 117 Å². The van der Waals surface area contributed by atoms with Gasteiger partial charge in [-0.15, -0.1) is 0 Å². The van der Waals surface area contributed by atoms with Crippen LogP contribution in [0.25, 0.3) is 22.5 Å². The molecule has 0 fully saturated rings. The fourth-order valence-corrected chi connectivity index (χ4v) is 5.09. The van der Waals surface area contributed by atoms with Crippen LogP contribution in [-0.4, -0.2) is 15.9 Å². The molecule has 0 bridgehead atoms. The zero-order valence-electron chi connectivity index (χ0n) is 25.2. The molecule has 3 aromatic rings. The minimum Gasteiger partial charge on any atom is -0.427 e. The van der Waals surface area contributed by atoms with Gasteiger partial charge in [0.25, 0.3) is 0 Å². The molecule has 1 atom stereocenters. The van der Waals surface area contributed by atoms with Gasteiger partial charge in [-0.3, -0.25) is 4.79 Å². The third-order valence-corrected chi connectivity index (χ3v) is 7.73. The molecule has 40 heavy (non-hydrogen) atoms. The van der Waals surface area contributed by atoms with Crippen molar-refractivity contribution < 1.29 is 9.53 Å². The smallest absolute Gasteiger partial charge is 0.311 e. The highest BCUT2D eigenvalue weighted by Gasteiger charge is 2.08. The molecule has 4 heteroatoms. The minimum absolute atomic E-state index is 0.157. The molecule has 1 unspecified atom stereocenters. The lowest BCUT2D eigenvalue weighted by molar-refractivity contribution is -0.134. The molecule has 4 nitrogen and oxygen atoms in total. The van der Waals surface area contributed by atoms with Crippen molar-refractivity contribution in [3.8, 4) is 28.3 Å². The first kappa shape index (κ1) is 31.5. The van der Waals surface area contributed by atoms with Gasteiger partial charge in [0.15, 0.2) is 5.82 Å². The molecule has 0 amide bonds. The summed E-state index contributed by atoms with van der Waals surface area (Å²) in [7, 11) is 0. The quantitative estimate of drug-likeness (QED) is 0.0859. The van der Waals surface area contributed by atoms with Gasteiger partial charge in [-0.25, -0.2) is 9.97 Å². The Morgan fingerprint density at radius 1 is 0.675 bits per heavy atom. The Morgan fingerprint density at radius 2 is 1.27 bits per heavy atom. The van der Waals surface area contributed by atoms with E-state index in [0.717, 1.165) is 47.7 Å². The number of benzene rings is 2. The van der Waals surface area contributed by atoms with E-state index >= 15 is 0 Å². The number of hydrogen-bond acceptors (Lipinski definition) is 4. The van der Waals surface area contributed by atoms with Gasteiger partial charge in [0, 0.05) is 29.9 Å². The number of aryl methyl sites for hydroxylation is 1. The van der Waals surface area contributed by atoms with Crippen LogP contribution in [0.1, 0.15) is 116 Å². The van der Waals surface area contributed by atoms with Crippen LogP contribution in [0.5, 0.6) is 5.75 Å². The second kappa shape index (κ2) is 18.4. The number of aromatic nitrogens is 2. The van der Waals surface area contributed by atoms with E-state index in [1.54, 1.807) is 0 Å². The van der Waals surface area contributed by atoms with Crippen molar-refractivity contribution in [2.75, 3.05) is 0 Å². The molecule has 0 aliphatic carbocycles. The van der Waals surface area contributed by atoms with Gasteiger partial charge in [0.05, 0.1) is 0 Å². The summed E-state index contributed by atoms with van der Waals surface area (Å²) in [5, 5.41) is 0. The summed E-state index contributed by atoms with van der Waals surface area (Å²) in [6.07, 6.45) is 21.7. The van der Waals surface area contributed by atoms with Crippen LogP contribution < -0.4 is 4.74 Å². The fraction of sp³-hybridized carbons (Fsp3) is 0.528. The van der Waals surface area contributed by atoms with E-state index in [-0.39, 0.29) is 5.97 Å². The van der Waals surface area contributed by atoms with Crippen molar-refractivity contribution in [2.24, 2.45) is 5.92 Å². The highest BCUT2D eigenvalue weighted by Crippen LogP contribution is 2.24. The molecule has 1 heterocycles. The number of nitrogens with zero attached hydrogens (tertiary/aromatic N) is 2. The van der Waals surface area contributed by atoms with Gasteiger partial charge in [-0.1, -0.05) is 128 Å².